The Morgan fingerprint density at radius 3 is 3.00 bits per heavy atom. The Balaban J connectivity index is 0.000000980. The Bertz CT molecular complexity index is 273. The first-order valence-electron chi connectivity index (χ1n) is 4.54. The summed E-state index contributed by atoms with van der Waals surface area (Å²) in [6.07, 6.45) is 2.72. The van der Waals surface area contributed by atoms with Crippen molar-refractivity contribution in [3.8, 4) is 0 Å². The molecule has 0 radical (unpaired) electrons. The van der Waals surface area contributed by atoms with Gasteiger partial charge in [0.25, 0.3) is 5.89 Å². The molecule has 0 unspecified atom stereocenters. The Labute approximate surface area is 88.4 Å². The average molecular weight is 220 g/mol. The second kappa shape index (κ2) is 5.29. The molecule has 2 N–H and O–H groups in total. The molecule has 5 nitrogen and oxygen atoms in total. The topological polar surface area (TPSA) is 74.2 Å². The van der Waals surface area contributed by atoms with Crippen LogP contribution in [0.15, 0.2) is 4.52 Å². The third-order valence-electron chi connectivity index (χ3n) is 2.06. The van der Waals surface area contributed by atoms with E-state index in [1.165, 1.54) is 0 Å². The Kier molecular flexibility index (Phi) is 4.31. The molecule has 80 valence electrons. The van der Waals surface area contributed by atoms with Crippen LogP contribution >= 0.6 is 12.4 Å². The second-order valence-electron chi connectivity index (χ2n) is 3.09. The quantitative estimate of drug-likeness (QED) is 0.816. The molecule has 0 amide bonds. The van der Waals surface area contributed by atoms with Crippen molar-refractivity contribution in [2.24, 2.45) is 5.73 Å². The molecule has 1 fully saturated rings. The molecule has 0 saturated carbocycles. The van der Waals surface area contributed by atoms with Gasteiger partial charge in [0, 0.05) is 13.0 Å². The van der Waals surface area contributed by atoms with Gasteiger partial charge in [0.1, 0.15) is 6.10 Å². The van der Waals surface area contributed by atoms with E-state index in [9.17, 15) is 0 Å². The van der Waals surface area contributed by atoms with Crippen LogP contribution in [-0.4, -0.2) is 23.3 Å². The van der Waals surface area contributed by atoms with Crippen LogP contribution in [-0.2, 0) is 11.2 Å². The van der Waals surface area contributed by atoms with Gasteiger partial charge in [-0.1, -0.05) is 5.16 Å². The molecule has 1 aromatic rings. The lowest BCUT2D eigenvalue weighted by Gasteiger charge is -2.00. The third kappa shape index (κ3) is 2.43. The van der Waals surface area contributed by atoms with Gasteiger partial charge in [0.15, 0.2) is 5.82 Å². The summed E-state index contributed by atoms with van der Waals surface area (Å²) in [6.45, 7) is 1.34. The molecule has 6 heteroatoms. The molecule has 1 atom stereocenters. The van der Waals surface area contributed by atoms with E-state index in [0.29, 0.717) is 24.7 Å². The van der Waals surface area contributed by atoms with Gasteiger partial charge < -0.3 is 15.0 Å². The predicted molar refractivity (Wildman–Crippen MR) is 52.2 cm³/mol. The van der Waals surface area contributed by atoms with Gasteiger partial charge in [-0.05, 0) is 19.4 Å². The van der Waals surface area contributed by atoms with Crippen molar-refractivity contribution in [3.05, 3.63) is 11.7 Å². The van der Waals surface area contributed by atoms with E-state index >= 15 is 0 Å². The normalized spacial score (nSPS) is 20.8. The summed E-state index contributed by atoms with van der Waals surface area (Å²) in [7, 11) is 0. The van der Waals surface area contributed by atoms with E-state index in [2.05, 4.69) is 10.1 Å². The number of aromatic nitrogens is 2. The second-order valence-corrected chi connectivity index (χ2v) is 3.09. The number of hydrogen-bond donors (Lipinski definition) is 1. The lowest BCUT2D eigenvalue weighted by atomic mass is 10.2. The number of ether oxygens (including phenoxy) is 1. The minimum atomic E-state index is 0. The molecule has 0 spiro atoms. The summed E-state index contributed by atoms with van der Waals surface area (Å²) >= 11 is 0. The minimum absolute atomic E-state index is 0. The Morgan fingerprint density at radius 2 is 2.36 bits per heavy atom. The molecule has 1 aliphatic heterocycles. The Hall–Kier alpha value is -0.650. The standard InChI is InChI=1S/C8H13N3O2.ClH/c9-4-3-7-10-8(13-11-7)6-2-1-5-12-6;/h6H,1-5,9H2;1H/t6-;/m0./s1. The van der Waals surface area contributed by atoms with Crippen molar-refractivity contribution in [1.29, 1.82) is 0 Å². The highest BCUT2D eigenvalue weighted by atomic mass is 35.5. The van der Waals surface area contributed by atoms with Crippen LogP contribution in [0.1, 0.15) is 30.7 Å². The van der Waals surface area contributed by atoms with Crippen LogP contribution in [0, 0.1) is 0 Å². The van der Waals surface area contributed by atoms with Gasteiger partial charge in [-0.25, -0.2) is 0 Å². The predicted octanol–water partition coefficient (Wildman–Crippen LogP) is 0.844. The molecule has 0 aromatic carbocycles. The zero-order chi connectivity index (χ0) is 9.10. The van der Waals surface area contributed by atoms with Crippen molar-refractivity contribution < 1.29 is 9.26 Å². The lowest BCUT2D eigenvalue weighted by molar-refractivity contribution is 0.0835. The van der Waals surface area contributed by atoms with Gasteiger partial charge >= 0.3 is 0 Å². The van der Waals surface area contributed by atoms with Crippen LogP contribution in [0.4, 0.5) is 0 Å². The molecule has 1 aromatic heterocycles. The highest BCUT2D eigenvalue weighted by Gasteiger charge is 2.23. The summed E-state index contributed by atoms with van der Waals surface area (Å²) < 4.78 is 10.5. The SMILES string of the molecule is Cl.NCCc1noc([C@@H]2CCCO2)n1. The molecular formula is C8H14ClN3O2. The van der Waals surface area contributed by atoms with E-state index in [4.69, 9.17) is 15.0 Å². The lowest BCUT2D eigenvalue weighted by Crippen LogP contribution is -2.04. The van der Waals surface area contributed by atoms with Crippen molar-refractivity contribution in [2.45, 2.75) is 25.4 Å². The molecule has 2 heterocycles. The Morgan fingerprint density at radius 1 is 1.50 bits per heavy atom. The first-order chi connectivity index (χ1) is 6.40. The fourth-order valence-corrected chi connectivity index (χ4v) is 1.40. The number of nitrogens with zero attached hydrogens (tertiary/aromatic N) is 2. The van der Waals surface area contributed by atoms with Gasteiger partial charge in [-0.3, -0.25) is 0 Å². The van der Waals surface area contributed by atoms with E-state index in [1.807, 2.05) is 0 Å². The van der Waals surface area contributed by atoms with E-state index < -0.39 is 0 Å². The molecule has 0 bridgehead atoms. The highest BCUT2D eigenvalue weighted by molar-refractivity contribution is 5.85. The fraction of sp³-hybridized carbons (Fsp3) is 0.750. The molecule has 2 rings (SSSR count). The summed E-state index contributed by atoms with van der Waals surface area (Å²) in [5.41, 5.74) is 5.37. The van der Waals surface area contributed by atoms with Crippen molar-refractivity contribution in [1.82, 2.24) is 10.1 Å². The first-order valence-corrected chi connectivity index (χ1v) is 4.54. The zero-order valence-corrected chi connectivity index (χ0v) is 8.63. The van der Waals surface area contributed by atoms with Crippen LogP contribution in [0.25, 0.3) is 0 Å². The minimum Gasteiger partial charge on any atom is -0.368 e. The first kappa shape index (κ1) is 11.4. The third-order valence-corrected chi connectivity index (χ3v) is 2.06. The van der Waals surface area contributed by atoms with E-state index in [1.54, 1.807) is 0 Å². The largest absolute Gasteiger partial charge is 0.368 e. The summed E-state index contributed by atoms with van der Waals surface area (Å²) in [4.78, 5) is 4.20. The maximum Gasteiger partial charge on any atom is 0.255 e. The zero-order valence-electron chi connectivity index (χ0n) is 7.81. The number of halogens is 1. The summed E-state index contributed by atoms with van der Waals surface area (Å²) in [6, 6.07) is 0. The van der Waals surface area contributed by atoms with Crippen LogP contribution < -0.4 is 5.73 Å². The maximum atomic E-state index is 5.40. The number of nitrogens with two attached hydrogens (primary N) is 1. The van der Waals surface area contributed by atoms with Gasteiger partial charge in [0.05, 0.1) is 0 Å². The summed E-state index contributed by atoms with van der Waals surface area (Å²) in [5.74, 6) is 1.27. The van der Waals surface area contributed by atoms with E-state index in [-0.39, 0.29) is 18.5 Å². The highest BCUT2D eigenvalue weighted by Crippen LogP contribution is 2.26. The number of hydrogen-bond acceptors (Lipinski definition) is 5. The van der Waals surface area contributed by atoms with Crippen LogP contribution in [0.2, 0.25) is 0 Å². The van der Waals surface area contributed by atoms with Crippen molar-refractivity contribution in [3.63, 3.8) is 0 Å². The van der Waals surface area contributed by atoms with Crippen LogP contribution in [0.3, 0.4) is 0 Å². The monoisotopic (exact) mass is 219 g/mol. The van der Waals surface area contributed by atoms with E-state index in [0.717, 1.165) is 19.4 Å². The van der Waals surface area contributed by atoms with Gasteiger partial charge in [-0.15, -0.1) is 12.4 Å². The molecule has 1 aliphatic rings. The van der Waals surface area contributed by atoms with Gasteiger partial charge in [0.2, 0.25) is 0 Å². The smallest absolute Gasteiger partial charge is 0.255 e. The van der Waals surface area contributed by atoms with Crippen molar-refractivity contribution in [2.75, 3.05) is 13.2 Å². The molecule has 14 heavy (non-hydrogen) atoms. The average Bonchev–Trinajstić information content (AvgIpc) is 2.70. The fourth-order valence-electron chi connectivity index (χ4n) is 1.40. The number of rotatable bonds is 3. The van der Waals surface area contributed by atoms with Crippen molar-refractivity contribution >= 4 is 12.4 Å². The van der Waals surface area contributed by atoms with Crippen LogP contribution in [0.5, 0.6) is 0 Å². The maximum absolute atomic E-state index is 5.40. The molecule has 0 aliphatic carbocycles. The molecular weight excluding hydrogens is 206 g/mol. The summed E-state index contributed by atoms with van der Waals surface area (Å²) in [5, 5.41) is 3.80. The molecule has 1 saturated heterocycles. The van der Waals surface area contributed by atoms with Gasteiger partial charge in [-0.2, -0.15) is 4.98 Å².